The first-order valence-electron chi connectivity index (χ1n) is 6.72. The Morgan fingerprint density at radius 2 is 2.40 bits per heavy atom. The maximum Gasteiger partial charge on any atom is 0.227 e. The molecule has 20 heavy (non-hydrogen) atoms. The zero-order valence-corrected chi connectivity index (χ0v) is 11.5. The van der Waals surface area contributed by atoms with Gasteiger partial charge in [0.05, 0.1) is 37.0 Å². The molecular formula is C15H18N2O3. The molecule has 0 saturated carbocycles. The number of ether oxygens (including phenoxy) is 2. The molecular weight excluding hydrogens is 256 g/mol. The van der Waals surface area contributed by atoms with E-state index in [0.29, 0.717) is 23.4 Å². The number of nitrogens with one attached hydrogen (secondary N) is 1. The lowest BCUT2D eigenvalue weighted by Gasteiger charge is -2.22. The van der Waals surface area contributed by atoms with Gasteiger partial charge in [0, 0.05) is 12.7 Å². The predicted molar refractivity (Wildman–Crippen MR) is 74.5 cm³/mol. The third kappa shape index (κ3) is 3.72. The molecule has 1 atom stereocenters. The van der Waals surface area contributed by atoms with Crippen molar-refractivity contribution in [3.8, 4) is 11.8 Å². The maximum atomic E-state index is 12.0. The van der Waals surface area contributed by atoms with Crippen molar-refractivity contribution in [1.82, 2.24) is 0 Å². The van der Waals surface area contributed by atoms with Crippen LogP contribution in [0, 0.1) is 11.3 Å². The largest absolute Gasteiger partial charge is 0.495 e. The van der Waals surface area contributed by atoms with Crippen LogP contribution in [0.5, 0.6) is 5.75 Å². The lowest BCUT2D eigenvalue weighted by atomic mass is 10.1. The highest BCUT2D eigenvalue weighted by Gasteiger charge is 2.18. The van der Waals surface area contributed by atoms with Gasteiger partial charge in [-0.05, 0) is 31.4 Å². The van der Waals surface area contributed by atoms with Gasteiger partial charge in [-0.25, -0.2) is 0 Å². The molecule has 1 amide bonds. The summed E-state index contributed by atoms with van der Waals surface area (Å²) in [7, 11) is 1.51. The van der Waals surface area contributed by atoms with Crippen LogP contribution < -0.4 is 10.1 Å². The standard InChI is InChI=1S/C15H18N2O3/c1-19-14-8-11(10-16)5-6-13(14)17-15(18)9-12-4-2-3-7-20-12/h5-6,8,12H,2-4,7,9H2,1H3,(H,17,18). The Balaban J connectivity index is 1.98. The molecule has 0 spiro atoms. The lowest BCUT2D eigenvalue weighted by molar-refractivity contribution is -0.119. The van der Waals surface area contributed by atoms with Gasteiger partial charge in [0.15, 0.2) is 0 Å². The Morgan fingerprint density at radius 3 is 3.05 bits per heavy atom. The Kier molecular flexibility index (Phi) is 4.97. The number of rotatable bonds is 4. The van der Waals surface area contributed by atoms with Gasteiger partial charge in [-0.1, -0.05) is 0 Å². The van der Waals surface area contributed by atoms with E-state index in [1.54, 1.807) is 18.2 Å². The minimum atomic E-state index is -0.0973. The smallest absolute Gasteiger partial charge is 0.227 e. The highest BCUT2D eigenvalue weighted by Crippen LogP contribution is 2.26. The summed E-state index contributed by atoms with van der Waals surface area (Å²) in [4.78, 5) is 12.0. The van der Waals surface area contributed by atoms with Crippen LogP contribution >= 0.6 is 0 Å². The number of methoxy groups -OCH3 is 1. The fraction of sp³-hybridized carbons (Fsp3) is 0.467. The molecule has 1 heterocycles. The van der Waals surface area contributed by atoms with Crippen LogP contribution in [-0.4, -0.2) is 25.7 Å². The molecule has 2 rings (SSSR count). The van der Waals surface area contributed by atoms with Crippen LogP contribution in [0.2, 0.25) is 0 Å². The van der Waals surface area contributed by atoms with Crippen LogP contribution in [0.25, 0.3) is 0 Å². The van der Waals surface area contributed by atoms with Gasteiger partial charge in [0.25, 0.3) is 0 Å². The van der Waals surface area contributed by atoms with Crippen LogP contribution in [0.1, 0.15) is 31.2 Å². The van der Waals surface area contributed by atoms with E-state index in [1.807, 2.05) is 6.07 Å². The fourth-order valence-electron chi connectivity index (χ4n) is 2.24. The van der Waals surface area contributed by atoms with Crippen molar-refractivity contribution in [2.75, 3.05) is 19.0 Å². The zero-order valence-electron chi connectivity index (χ0n) is 11.5. The van der Waals surface area contributed by atoms with E-state index in [9.17, 15) is 4.79 Å². The minimum absolute atomic E-state index is 0.00752. The number of hydrogen-bond donors (Lipinski definition) is 1. The van der Waals surface area contributed by atoms with Crippen molar-refractivity contribution >= 4 is 11.6 Å². The molecule has 0 bridgehead atoms. The highest BCUT2D eigenvalue weighted by atomic mass is 16.5. The lowest BCUT2D eigenvalue weighted by Crippen LogP contribution is -2.25. The van der Waals surface area contributed by atoms with Gasteiger partial charge in [0.2, 0.25) is 5.91 Å². The van der Waals surface area contributed by atoms with E-state index in [-0.39, 0.29) is 12.0 Å². The molecule has 1 saturated heterocycles. The normalized spacial score (nSPS) is 18.1. The van der Waals surface area contributed by atoms with Gasteiger partial charge in [-0.3, -0.25) is 4.79 Å². The molecule has 0 radical (unpaired) electrons. The second-order valence-corrected chi connectivity index (χ2v) is 4.77. The molecule has 106 valence electrons. The number of carbonyl (C=O) groups excluding carboxylic acids is 1. The van der Waals surface area contributed by atoms with Crippen LogP contribution in [0.4, 0.5) is 5.69 Å². The minimum Gasteiger partial charge on any atom is -0.495 e. The van der Waals surface area contributed by atoms with Crippen molar-refractivity contribution in [3.05, 3.63) is 23.8 Å². The van der Waals surface area contributed by atoms with Gasteiger partial charge in [-0.15, -0.1) is 0 Å². The second-order valence-electron chi connectivity index (χ2n) is 4.77. The summed E-state index contributed by atoms with van der Waals surface area (Å²) in [5.74, 6) is 0.391. The van der Waals surface area contributed by atoms with E-state index < -0.39 is 0 Å². The van der Waals surface area contributed by atoms with Crippen molar-refractivity contribution in [2.24, 2.45) is 0 Å². The molecule has 1 aromatic rings. The first kappa shape index (κ1) is 14.4. The Labute approximate surface area is 118 Å². The first-order chi connectivity index (χ1) is 9.72. The summed E-state index contributed by atoms with van der Waals surface area (Å²) < 4.78 is 10.7. The van der Waals surface area contributed by atoms with E-state index in [4.69, 9.17) is 14.7 Å². The number of benzene rings is 1. The monoisotopic (exact) mass is 274 g/mol. The number of carbonyl (C=O) groups is 1. The van der Waals surface area contributed by atoms with Crippen molar-refractivity contribution in [2.45, 2.75) is 31.8 Å². The molecule has 1 unspecified atom stereocenters. The number of anilines is 1. The summed E-state index contributed by atoms with van der Waals surface area (Å²) in [5.41, 5.74) is 1.07. The van der Waals surface area contributed by atoms with E-state index in [2.05, 4.69) is 5.32 Å². The van der Waals surface area contributed by atoms with Gasteiger partial charge >= 0.3 is 0 Å². The zero-order chi connectivity index (χ0) is 14.4. The predicted octanol–water partition coefficient (Wildman–Crippen LogP) is 2.46. The Bertz CT molecular complexity index is 516. The summed E-state index contributed by atoms with van der Waals surface area (Å²) in [6.45, 7) is 0.734. The molecule has 1 aromatic carbocycles. The number of nitrogens with zero attached hydrogens (tertiary/aromatic N) is 1. The van der Waals surface area contributed by atoms with E-state index >= 15 is 0 Å². The average Bonchev–Trinajstić information content (AvgIpc) is 2.48. The highest BCUT2D eigenvalue weighted by molar-refractivity contribution is 5.92. The summed E-state index contributed by atoms with van der Waals surface area (Å²) >= 11 is 0. The van der Waals surface area contributed by atoms with E-state index in [0.717, 1.165) is 25.9 Å². The topological polar surface area (TPSA) is 71.3 Å². The quantitative estimate of drug-likeness (QED) is 0.915. The summed E-state index contributed by atoms with van der Waals surface area (Å²) in [6, 6.07) is 6.96. The van der Waals surface area contributed by atoms with Crippen molar-refractivity contribution < 1.29 is 14.3 Å². The van der Waals surface area contributed by atoms with Gasteiger partial charge < -0.3 is 14.8 Å². The number of hydrogen-bond acceptors (Lipinski definition) is 4. The van der Waals surface area contributed by atoms with Crippen molar-refractivity contribution in [1.29, 1.82) is 5.26 Å². The third-order valence-electron chi connectivity index (χ3n) is 3.29. The number of amides is 1. The average molecular weight is 274 g/mol. The van der Waals surface area contributed by atoms with Crippen LogP contribution in [0.15, 0.2) is 18.2 Å². The Hall–Kier alpha value is -2.06. The molecule has 1 aliphatic heterocycles. The third-order valence-corrected chi connectivity index (χ3v) is 3.29. The molecule has 0 aromatic heterocycles. The van der Waals surface area contributed by atoms with Crippen LogP contribution in [0.3, 0.4) is 0 Å². The molecule has 1 aliphatic rings. The summed E-state index contributed by atoms with van der Waals surface area (Å²) in [6.07, 6.45) is 3.47. The Morgan fingerprint density at radius 1 is 1.55 bits per heavy atom. The molecule has 5 heteroatoms. The molecule has 1 N–H and O–H groups in total. The summed E-state index contributed by atoms with van der Waals surface area (Å²) in [5, 5.41) is 11.6. The molecule has 1 fully saturated rings. The fourth-order valence-corrected chi connectivity index (χ4v) is 2.24. The van der Waals surface area contributed by atoms with E-state index in [1.165, 1.54) is 7.11 Å². The maximum absolute atomic E-state index is 12.0. The van der Waals surface area contributed by atoms with Crippen LogP contribution in [-0.2, 0) is 9.53 Å². The van der Waals surface area contributed by atoms with Gasteiger partial charge in [-0.2, -0.15) is 5.26 Å². The first-order valence-corrected chi connectivity index (χ1v) is 6.72. The number of nitriles is 1. The van der Waals surface area contributed by atoms with Crippen molar-refractivity contribution in [3.63, 3.8) is 0 Å². The molecule has 0 aliphatic carbocycles. The second kappa shape index (κ2) is 6.92. The molecule has 5 nitrogen and oxygen atoms in total. The van der Waals surface area contributed by atoms with Gasteiger partial charge in [0.1, 0.15) is 5.75 Å². The SMILES string of the molecule is COc1cc(C#N)ccc1NC(=O)CC1CCCCO1.